The summed E-state index contributed by atoms with van der Waals surface area (Å²) in [6, 6.07) is 0. The van der Waals surface area contributed by atoms with Gasteiger partial charge in [0, 0.05) is 26.2 Å². The van der Waals surface area contributed by atoms with Crippen molar-refractivity contribution in [2.75, 3.05) is 56.1 Å². The van der Waals surface area contributed by atoms with Gasteiger partial charge in [-0.1, -0.05) is 6.92 Å². The van der Waals surface area contributed by atoms with E-state index in [4.69, 9.17) is 0 Å². The van der Waals surface area contributed by atoms with E-state index in [2.05, 4.69) is 38.6 Å². The Morgan fingerprint density at radius 3 is 2.43 bits per heavy atom. The molecule has 0 aliphatic carbocycles. The van der Waals surface area contributed by atoms with Gasteiger partial charge in [0.05, 0.1) is 18.0 Å². The zero-order valence-corrected chi connectivity index (χ0v) is 13.9. The van der Waals surface area contributed by atoms with Crippen LogP contribution in [0.25, 0.3) is 0 Å². The van der Waals surface area contributed by atoms with E-state index in [0.29, 0.717) is 11.7 Å². The van der Waals surface area contributed by atoms with Crippen LogP contribution in [0.3, 0.4) is 0 Å². The number of H-pyrrole nitrogens is 1. The number of nitrogens with one attached hydrogen (secondary N) is 1. The Hall–Kier alpha value is -1.96. The minimum Gasteiger partial charge on any atom is -0.337 e. The maximum absolute atomic E-state index is 11.4. The molecule has 2 fully saturated rings. The molecule has 3 rings (SSSR count). The molecule has 0 unspecified atom stereocenters. The second-order valence-electron chi connectivity index (χ2n) is 6.65. The van der Waals surface area contributed by atoms with Crippen LogP contribution >= 0.6 is 0 Å². The van der Waals surface area contributed by atoms with Crippen LogP contribution in [0.15, 0.2) is 6.20 Å². The Balaban J connectivity index is 1.86. The molecule has 2 saturated heterocycles. The topological polar surface area (TPSA) is 79.9 Å². The summed E-state index contributed by atoms with van der Waals surface area (Å²) < 4.78 is 0. The smallest absolute Gasteiger partial charge is 0.337 e. The standard InChI is InChI=1S/C15H24N6O2/c1-12-3-5-19(6-4-12)14-13(21(22)23)11-16-15(17-14)20-9-7-18(2)8-10-20/h11-12H,3-10H2,1-2H3/p+1. The van der Waals surface area contributed by atoms with E-state index in [1.807, 2.05) is 0 Å². The fraction of sp³-hybridized carbons (Fsp3) is 0.733. The lowest BCUT2D eigenvalue weighted by Crippen LogP contribution is -2.47. The highest BCUT2D eigenvalue weighted by molar-refractivity contribution is 5.57. The second kappa shape index (κ2) is 6.66. The molecule has 23 heavy (non-hydrogen) atoms. The summed E-state index contributed by atoms with van der Waals surface area (Å²) in [5.41, 5.74) is 0.0671. The predicted octanol–water partition coefficient (Wildman–Crippen LogP) is 0.792. The van der Waals surface area contributed by atoms with Crippen LogP contribution in [-0.2, 0) is 0 Å². The van der Waals surface area contributed by atoms with E-state index >= 15 is 0 Å². The van der Waals surface area contributed by atoms with E-state index in [9.17, 15) is 10.1 Å². The van der Waals surface area contributed by atoms with E-state index in [1.165, 1.54) is 6.20 Å². The molecule has 8 heteroatoms. The van der Waals surface area contributed by atoms with E-state index in [0.717, 1.165) is 58.1 Å². The minimum atomic E-state index is -0.343. The number of anilines is 2. The van der Waals surface area contributed by atoms with Crippen LogP contribution in [-0.4, -0.2) is 61.1 Å². The number of nitro groups is 1. The normalized spacial score (nSPS) is 20.8. The van der Waals surface area contributed by atoms with Crippen LogP contribution in [0.4, 0.5) is 17.5 Å². The Kier molecular flexibility index (Phi) is 4.61. The highest BCUT2D eigenvalue weighted by Crippen LogP contribution is 2.29. The fourth-order valence-corrected chi connectivity index (χ4v) is 3.16. The molecule has 8 nitrogen and oxygen atoms in total. The monoisotopic (exact) mass is 321 g/mol. The molecule has 0 bridgehead atoms. The summed E-state index contributed by atoms with van der Waals surface area (Å²) in [7, 11) is 2.10. The van der Waals surface area contributed by atoms with Crippen LogP contribution in [0.2, 0.25) is 0 Å². The number of hydrogen-bond donors (Lipinski definition) is 0. The molecule has 0 amide bonds. The average molecular weight is 321 g/mol. The van der Waals surface area contributed by atoms with Crippen molar-refractivity contribution in [1.29, 1.82) is 0 Å². The summed E-state index contributed by atoms with van der Waals surface area (Å²) in [4.78, 5) is 25.2. The minimum absolute atomic E-state index is 0.0671. The highest BCUT2D eigenvalue weighted by Gasteiger charge is 2.32. The van der Waals surface area contributed by atoms with E-state index in [-0.39, 0.29) is 10.6 Å². The Labute approximate surface area is 136 Å². The molecule has 0 spiro atoms. The molecule has 0 atom stereocenters. The largest absolute Gasteiger partial charge is 0.394 e. The highest BCUT2D eigenvalue weighted by atomic mass is 16.6. The summed E-state index contributed by atoms with van der Waals surface area (Å²) >= 11 is 0. The third-order valence-electron chi connectivity index (χ3n) is 4.86. The first-order chi connectivity index (χ1) is 11.0. The lowest BCUT2D eigenvalue weighted by Gasteiger charge is -2.30. The van der Waals surface area contributed by atoms with Gasteiger partial charge in [0.25, 0.3) is 5.82 Å². The van der Waals surface area contributed by atoms with Gasteiger partial charge in [-0.2, -0.15) is 0 Å². The van der Waals surface area contributed by atoms with Crippen molar-refractivity contribution >= 4 is 17.5 Å². The van der Waals surface area contributed by atoms with Crippen LogP contribution in [0.5, 0.6) is 0 Å². The van der Waals surface area contributed by atoms with Gasteiger partial charge < -0.3 is 9.80 Å². The number of piperazine rings is 1. The van der Waals surface area contributed by atoms with Crippen molar-refractivity contribution in [3.63, 3.8) is 0 Å². The lowest BCUT2D eigenvalue weighted by atomic mass is 9.99. The van der Waals surface area contributed by atoms with Crippen molar-refractivity contribution in [3.05, 3.63) is 16.3 Å². The second-order valence-corrected chi connectivity index (χ2v) is 6.65. The molecule has 2 aliphatic heterocycles. The van der Waals surface area contributed by atoms with Gasteiger partial charge in [0.15, 0.2) is 0 Å². The third kappa shape index (κ3) is 3.52. The van der Waals surface area contributed by atoms with Crippen molar-refractivity contribution in [2.24, 2.45) is 5.92 Å². The van der Waals surface area contributed by atoms with Gasteiger partial charge >= 0.3 is 11.6 Å². The Morgan fingerprint density at radius 1 is 1.17 bits per heavy atom. The quantitative estimate of drug-likeness (QED) is 0.605. The van der Waals surface area contributed by atoms with Gasteiger partial charge in [0.2, 0.25) is 0 Å². The van der Waals surface area contributed by atoms with Crippen molar-refractivity contribution in [1.82, 2.24) is 9.88 Å². The van der Waals surface area contributed by atoms with Gasteiger partial charge in [0.1, 0.15) is 6.20 Å². The zero-order valence-electron chi connectivity index (χ0n) is 13.9. The maximum Gasteiger partial charge on any atom is 0.394 e. The number of nitrogens with zero attached hydrogens (tertiary/aromatic N) is 5. The molecular formula is C15H25N6O2+. The molecule has 0 saturated carbocycles. The number of aromatic amines is 1. The third-order valence-corrected chi connectivity index (χ3v) is 4.86. The van der Waals surface area contributed by atoms with E-state index in [1.54, 1.807) is 0 Å². The molecule has 0 radical (unpaired) electrons. The first-order valence-corrected chi connectivity index (χ1v) is 8.30. The zero-order chi connectivity index (χ0) is 16.4. The average Bonchev–Trinajstić information content (AvgIpc) is 2.55. The number of likely N-dealkylation sites (N-methyl/N-ethyl adjacent to an activating group) is 1. The first kappa shape index (κ1) is 15.9. The van der Waals surface area contributed by atoms with Gasteiger partial charge in [-0.15, -0.1) is 0 Å². The van der Waals surface area contributed by atoms with Crippen LogP contribution < -0.4 is 14.8 Å². The lowest BCUT2D eigenvalue weighted by molar-refractivity contribution is -0.416. The van der Waals surface area contributed by atoms with Crippen LogP contribution in [0, 0.1) is 16.0 Å². The number of rotatable bonds is 3. The van der Waals surface area contributed by atoms with Crippen LogP contribution in [0.1, 0.15) is 19.8 Å². The number of piperidine rings is 1. The van der Waals surface area contributed by atoms with Crippen molar-refractivity contribution in [3.8, 4) is 0 Å². The van der Waals surface area contributed by atoms with E-state index < -0.39 is 0 Å². The summed E-state index contributed by atoms with van der Waals surface area (Å²) in [6.07, 6.45) is 3.61. The molecule has 1 N–H and O–H groups in total. The molecule has 1 aromatic rings. The van der Waals surface area contributed by atoms with Gasteiger partial charge in [-0.25, -0.2) is 4.98 Å². The van der Waals surface area contributed by atoms with Gasteiger partial charge in [-0.3, -0.25) is 15.0 Å². The fourth-order valence-electron chi connectivity index (χ4n) is 3.16. The Morgan fingerprint density at radius 2 is 1.83 bits per heavy atom. The van der Waals surface area contributed by atoms with Crippen molar-refractivity contribution < 1.29 is 9.91 Å². The first-order valence-electron chi connectivity index (χ1n) is 8.30. The molecule has 0 aromatic carbocycles. The molecule has 126 valence electrons. The Bertz CT molecular complexity index is 565. The summed E-state index contributed by atoms with van der Waals surface area (Å²) in [5.74, 6) is 1.92. The molecule has 2 aliphatic rings. The SMILES string of the molecule is CC1CCN(c2nc(N3CCN(C)CC3)[nH+]cc2[N+](=O)[O-])CC1. The molecule has 3 heterocycles. The summed E-state index contributed by atoms with van der Waals surface area (Å²) in [5, 5.41) is 11.4. The molecule has 1 aromatic heterocycles. The predicted molar refractivity (Wildman–Crippen MR) is 87.8 cm³/mol. The summed E-state index contributed by atoms with van der Waals surface area (Å²) in [6.45, 7) is 7.62. The number of hydrogen-bond acceptors (Lipinski definition) is 6. The number of aromatic nitrogens is 2. The maximum atomic E-state index is 11.4. The van der Waals surface area contributed by atoms with Crippen molar-refractivity contribution in [2.45, 2.75) is 19.8 Å². The van der Waals surface area contributed by atoms with Gasteiger partial charge in [-0.05, 0) is 30.8 Å². The molecular weight excluding hydrogens is 296 g/mol.